The number of hydrogen-bond donors (Lipinski definition) is 1. The third-order valence-electron chi connectivity index (χ3n) is 2.50. The predicted octanol–water partition coefficient (Wildman–Crippen LogP) is 0.766. The van der Waals surface area contributed by atoms with E-state index in [4.69, 9.17) is 4.74 Å². The molecule has 1 saturated heterocycles. The lowest BCUT2D eigenvalue weighted by Gasteiger charge is -2.25. The first-order chi connectivity index (χ1) is 7.45. The average Bonchev–Trinajstić information content (AvgIpc) is 2.79. The van der Waals surface area contributed by atoms with Crippen molar-refractivity contribution in [1.82, 2.24) is 9.88 Å². The first-order valence-corrected chi connectivity index (χ1v) is 5.38. The minimum atomic E-state index is 0.860. The Balaban J connectivity index is 1.65. The van der Waals surface area contributed by atoms with E-state index in [0.717, 1.165) is 45.1 Å². The summed E-state index contributed by atoms with van der Waals surface area (Å²) in [4.78, 5) is 9.85. The van der Waals surface area contributed by atoms with E-state index >= 15 is 0 Å². The van der Waals surface area contributed by atoms with E-state index in [9.17, 15) is 0 Å². The normalized spacial score (nSPS) is 18.7. The molecule has 0 saturated carbocycles. The van der Waals surface area contributed by atoms with Gasteiger partial charge in [0, 0.05) is 32.0 Å². The molecule has 1 aromatic rings. The van der Waals surface area contributed by atoms with E-state index in [-0.39, 0.29) is 0 Å². The monoisotopic (exact) mass is 207 g/mol. The maximum absolute atomic E-state index is 5.28. The number of H-pyrrole nitrogens is 1. The van der Waals surface area contributed by atoms with Crippen LogP contribution < -0.4 is 0 Å². The molecule has 1 aliphatic heterocycles. The lowest BCUT2D eigenvalue weighted by Crippen LogP contribution is -2.37. The van der Waals surface area contributed by atoms with E-state index in [0.29, 0.717) is 0 Å². The molecule has 0 radical (unpaired) electrons. The Hall–Kier alpha value is -1.13. The second kappa shape index (κ2) is 5.68. The smallest absolute Gasteiger partial charge is 0.0594 e. The molecule has 1 fully saturated rings. The molecule has 2 heterocycles. The largest absolute Gasteiger partial charge is 0.379 e. The van der Waals surface area contributed by atoms with E-state index in [1.165, 1.54) is 0 Å². The Morgan fingerprint density at radius 3 is 3.07 bits per heavy atom. The number of nitrogens with one attached hydrogen (secondary N) is 1. The standard InChI is InChI=1S/C11H17N3O/c1-2-11(13-3-1)10-12-4-5-14-6-8-15-9-7-14/h1-3,10,13H,4-9H2. The molecule has 82 valence electrons. The highest BCUT2D eigenvalue weighted by Gasteiger charge is 2.08. The average molecular weight is 207 g/mol. The van der Waals surface area contributed by atoms with E-state index < -0.39 is 0 Å². The van der Waals surface area contributed by atoms with Gasteiger partial charge in [-0.2, -0.15) is 0 Å². The molecule has 0 spiro atoms. The second-order valence-electron chi connectivity index (χ2n) is 3.61. The highest BCUT2D eigenvalue weighted by Crippen LogP contribution is 1.96. The van der Waals surface area contributed by atoms with Gasteiger partial charge in [-0.05, 0) is 12.1 Å². The van der Waals surface area contributed by atoms with Gasteiger partial charge in [-0.25, -0.2) is 0 Å². The molecular weight excluding hydrogens is 190 g/mol. The Morgan fingerprint density at radius 1 is 1.47 bits per heavy atom. The fourth-order valence-corrected chi connectivity index (χ4v) is 1.61. The molecule has 1 aromatic heterocycles. The molecular formula is C11H17N3O. The summed E-state index contributed by atoms with van der Waals surface area (Å²) in [5.74, 6) is 0. The number of aromatic nitrogens is 1. The van der Waals surface area contributed by atoms with Crippen LogP contribution in [-0.4, -0.2) is 55.5 Å². The number of aliphatic imine (C=N–C) groups is 1. The van der Waals surface area contributed by atoms with Crippen LogP contribution >= 0.6 is 0 Å². The highest BCUT2D eigenvalue weighted by molar-refractivity contribution is 5.76. The van der Waals surface area contributed by atoms with Gasteiger partial charge in [-0.1, -0.05) is 0 Å². The minimum absolute atomic E-state index is 0.860. The minimum Gasteiger partial charge on any atom is -0.379 e. The van der Waals surface area contributed by atoms with Crippen LogP contribution in [0.15, 0.2) is 23.3 Å². The third-order valence-corrected chi connectivity index (χ3v) is 2.50. The maximum Gasteiger partial charge on any atom is 0.0594 e. The molecule has 1 N–H and O–H groups in total. The fraction of sp³-hybridized carbons (Fsp3) is 0.545. The first kappa shape index (κ1) is 10.4. The number of morpholine rings is 1. The predicted molar refractivity (Wildman–Crippen MR) is 60.5 cm³/mol. The number of rotatable bonds is 4. The molecule has 15 heavy (non-hydrogen) atoms. The van der Waals surface area contributed by atoms with Crippen molar-refractivity contribution in [3.63, 3.8) is 0 Å². The van der Waals surface area contributed by atoms with Gasteiger partial charge in [0.05, 0.1) is 25.5 Å². The van der Waals surface area contributed by atoms with Crippen molar-refractivity contribution in [1.29, 1.82) is 0 Å². The van der Waals surface area contributed by atoms with Gasteiger partial charge in [0.1, 0.15) is 0 Å². The molecule has 4 nitrogen and oxygen atoms in total. The number of hydrogen-bond acceptors (Lipinski definition) is 3. The van der Waals surface area contributed by atoms with E-state index in [1.807, 2.05) is 24.5 Å². The van der Waals surface area contributed by atoms with Crippen molar-refractivity contribution in [2.75, 3.05) is 39.4 Å². The quantitative estimate of drug-likeness (QED) is 0.741. The lowest BCUT2D eigenvalue weighted by atomic mass is 10.4. The van der Waals surface area contributed by atoms with E-state index in [1.54, 1.807) is 0 Å². The number of nitrogens with zero attached hydrogens (tertiary/aromatic N) is 2. The summed E-state index contributed by atoms with van der Waals surface area (Å²) in [6.07, 6.45) is 3.80. The van der Waals surface area contributed by atoms with Crippen molar-refractivity contribution in [2.45, 2.75) is 0 Å². The summed E-state index contributed by atoms with van der Waals surface area (Å²) in [6, 6.07) is 3.99. The molecule has 0 aliphatic carbocycles. The van der Waals surface area contributed by atoms with Crippen LogP contribution in [0.5, 0.6) is 0 Å². The Kier molecular flexibility index (Phi) is 3.93. The summed E-state index contributed by atoms with van der Waals surface area (Å²) < 4.78 is 5.28. The van der Waals surface area contributed by atoms with Gasteiger partial charge in [-0.3, -0.25) is 9.89 Å². The molecule has 0 atom stereocenters. The SMILES string of the molecule is C(=NCCN1CCOCC1)c1ccc[nH]1. The van der Waals surface area contributed by atoms with Gasteiger partial charge < -0.3 is 9.72 Å². The molecule has 1 aliphatic rings. The van der Waals surface area contributed by atoms with Gasteiger partial charge in [-0.15, -0.1) is 0 Å². The maximum atomic E-state index is 5.28. The van der Waals surface area contributed by atoms with E-state index in [2.05, 4.69) is 14.9 Å². The van der Waals surface area contributed by atoms with Crippen LogP contribution in [0.3, 0.4) is 0 Å². The summed E-state index contributed by atoms with van der Waals surface area (Å²) in [6.45, 7) is 5.69. The zero-order chi connectivity index (χ0) is 10.3. The van der Waals surface area contributed by atoms with Crippen molar-refractivity contribution < 1.29 is 4.74 Å². The van der Waals surface area contributed by atoms with Crippen LogP contribution in [0.1, 0.15) is 5.69 Å². The number of aromatic amines is 1. The van der Waals surface area contributed by atoms with Gasteiger partial charge in [0.15, 0.2) is 0 Å². The molecule has 0 unspecified atom stereocenters. The zero-order valence-electron chi connectivity index (χ0n) is 8.85. The van der Waals surface area contributed by atoms with Crippen molar-refractivity contribution in [2.24, 2.45) is 4.99 Å². The second-order valence-corrected chi connectivity index (χ2v) is 3.61. The van der Waals surface area contributed by atoms with Crippen molar-refractivity contribution >= 4 is 6.21 Å². The summed E-state index contributed by atoms with van der Waals surface area (Å²) in [5.41, 5.74) is 1.07. The number of ether oxygens (including phenoxy) is 1. The topological polar surface area (TPSA) is 40.6 Å². The molecule has 0 aromatic carbocycles. The lowest BCUT2D eigenvalue weighted by molar-refractivity contribution is 0.0395. The Bertz CT molecular complexity index is 289. The van der Waals surface area contributed by atoms with Crippen LogP contribution in [0.25, 0.3) is 0 Å². The molecule has 0 amide bonds. The molecule has 0 bridgehead atoms. The van der Waals surface area contributed by atoms with Crippen LogP contribution in [0.2, 0.25) is 0 Å². The van der Waals surface area contributed by atoms with Crippen molar-refractivity contribution in [3.8, 4) is 0 Å². The first-order valence-electron chi connectivity index (χ1n) is 5.38. The summed E-state index contributed by atoms with van der Waals surface area (Å²) in [7, 11) is 0. The van der Waals surface area contributed by atoms with Crippen LogP contribution in [0, 0.1) is 0 Å². The van der Waals surface area contributed by atoms with Gasteiger partial charge in [0.2, 0.25) is 0 Å². The zero-order valence-corrected chi connectivity index (χ0v) is 8.85. The highest BCUT2D eigenvalue weighted by atomic mass is 16.5. The molecule has 4 heteroatoms. The van der Waals surface area contributed by atoms with Crippen LogP contribution in [0.4, 0.5) is 0 Å². The Morgan fingerprint density at radius 2 is 2.33 bits per heavy atom. The van der Waals surface area contributed by atoms with Crippen molar-refractivity contribution in [3.05, 3.63) is 24.0 Å². The Labute approximate surface area is 90.0 Å². The summed E-state index contributed by atoms with van der Waals surface area (Å²) in [5, 5.41) is 0. The molecule has 2 rings (SSSR count). The summed E-state index contributed by atoms with van der Waals surface area (Å²) >= 11 is 0. The van der Waals surface area contributed by atoms with Gasteiger partial charge in [0.25, 0.3) is 0 Å². The van der Waals surface area contributed by atoms with Gasteiger partial charge >= 0.3 is 0 Å². The fourth-order valence-electron chi connectivity index (χ4n) is 1.61. The third kappa shape index (κ3) is 3.49. The van der Waals surface area contributed by atoms with Crippen LogP contribution in [-0.2, 0) is 4.74 Å².